The van der Waals surface area contributed by atoms with Crippen LogP contribution in [-0.2, 0) is 23.7 Å². The molecule has 0 amide bonds. The number of sulfonamides is 1. The van der Waals surface area contributed by atoms with Crippen LogP contribution in [0.5, 0.6) is 0 Å². The third-order valence-electron chi connectivity index (χ3n) is 4.67. The van der Waals surface area contributed by atoms with E-state index < -0.39 is 10.0 Å². The van der Waals surface area contributed by atoms with Gasteiger partial charge in [-0.25, -0.2) is 8.42 Å². The van der Waals surface area contributed by atoms with Gasteiger partial charge < -0.3 is 9.67 Å². The summed E-state index contributed by atoms with van der Waals surface area (Å²) >= 11 is 0. The number of likely N-dealkylation sites (tertiary alicyclic amines) is 1. The molecule has 118 valence electrons. The number of aryl methyl sites for hydroxylation is 1. The van der Waals surface area contributed by atoms with E-state index >= 15 is 0 Å². The summed E-state index contributed by atoms with van der Waals surface area (Å²) in [5.41, 5.74) is 0.615. The molecule has 0 spiro atoms. The largest absolute Gasteiger partial charge is 0.390 e. The molecule has 2 aliphatic rings. The van der Waals surface area contributed by atoms with Crippen LogP contribution in [0.3, 0.4) is 0 Å². The van der Waals surface area contributed by atoms with Crippen molar-refractivity contribution in [3.8, 4) is 0 Å². The molecule has 1 aromatic rings. The second-order valence-electron chi connectivity index (χ2n) is 5.98. The molecule has 1 atom stereocenters. The van der Waals surface area contributed by atoms with Gasteiger partial charge in [-0.3, -0.25) is 4.90 Å². The van der Waals surface area contributed by atoms with E-state index in [2.05, 4.69) is 4.90 Å². The van der Waals surface area contributed by atoms with Gasteiger partial charge in [0, 0.05) is 38.1 Å². The number of hydrogen-bond acceptors (Lipinski definition) is 4. The van der Waals surface area contributed by atoms with Crippen LogP contribution in [0.4, 0.5) is 0 Å². The fraction of sp³-hybridized carbons (Fsp3) is 0.714. The van der Waals surface area contributed by atoms with Crippen LogP contribution in [0, 0.1) is 0 Å². The summed E-state index contributed by atoms with van der Waals surface area (Å²) in [6.45, 7) is 3.22. The van der Waals surface area contributed by atoms with Gasteiger partial charge in [-0.15, -0.1) is 0 Å². The van der Waals surface area contributed by atoms with Crippen molar-refractivity contribution in [3.63, 3.8) is 0 Å². The van der Waals surface area contributed by atoms with E-state index in [4.69, 9.17) is 0 Å². The monoisotopic (exact) mass is 313 g/mol. The van der Waals surface area contributed by atoms with Crippen molar-refractivity contribution in [1.82, 2.24) is 13.8 Å². The number of aromatic nitrogens is 1. The zero-order valence-electron chi connectivity index (χ0n) is 12.4. The average Bonchev–Trinajstić information content (AvgIpc) is 3.18. The summed E-state index contributed by atoms with van der Waals surface area (Å²) in [4.78, 5) is 2.70. The van der Waals surface area contributed by atoms with Gasteiger partial charge in [-0.1, -0.05) is 0 Å². The smallest absolute Gasteiger partial charge is 0.244 e. The van der Waals surface area contributed by atoms with Gasteiger partial charge in [-0.05, 0) is 38.4 Å². The zero-order valence-corrected chi connectivity index (χ0v) is 13.2. The van der Waals surface area contributed by atoms with Gasteiger partial charge in [0.05, 0.1) is 6.61 Å². The molecule has 6 nitrogen and oxygen atoms in total. The molecule has 0 radical (unpaired) electrons. The Morgan fingerprint density at radius 1 is 1.29 bits per heavy atom. The van der Waals surface area contributed by atoms with Crippen molar-refractivity contribution >= 4 is 10.0 Å². The Labute approximate surface area is 126 Å². The summed E-state index contributed by atoms with van der Waals surface area (Å²) in [7, 11) is -1.69. The van der Waals surface area contributed by atoms with Crippen LogP contribution in [-0.4, -0.2) is 59.5 Å². The number of rotatable bonds is 4. The molecule has 1 aromatic heterocycles. The fourth-order valence-electron chi connectivity index (χ4n) is 3.36. The standard InChI is InChI=1S/C14H23N3O3S/c1-15-10-14(8-13(15)11-18)21(19,20)17-7-4-12(9-17)16-5-2-3-6-16/h8,10,12,18H,2-7,9,11H2,1H3. The fourth-order valence-corrected chi connectivity index (χ4v) is 4.95. The highest BCUT2D eigenvalue weighted by atomic mass is 32.2. The summed E-state index contributed by atoms with van der Waals surface area (Å²) in [6.07, 6.45) is 4.95. The van der Waals surface area contributed by atoms with Gasteiger partial charge in [0.2, 0.25) is 10.0 Å². The maximum absolute atomic E-state index is 12.7. The Balaban J connectivity index is 1.76. The van der Waals surface area contributed by atoms with Gasteiger partial charge in [0.25, 0.3) is 0 Å². The number of aliphatic hydroxyl groups excluding tert-OH is 1. The van der Waals surface area contributed by atoms with Gasteiger partial charge in [-0.2, -0.15) is 4.31 Å². The third-order valence-corrected chi connectivity index (χ3v) is 6.50. The Bertz CT molecular complexity index is 605. The summed E-state index contributed by atoms with van der Waals surface area (Å²) < 4.78 is 28.6. The van der Waals surface area contributed by atoms with E-state index in [1.54, 1.807) is 28.2 Å². The average molecular weight is 313 g/mol. The first kappa shape index (κ1) is 15.0. The van der Waals surface area contributed by atoms with E-state index in [9.17, 15) is 13.5 Å². The molecule has 3 rings (SSSR count). The molecule has 3 heterocycles. The lowest BCUT2D eigenvalue weighted by molar-refractivity contribution is 0.251. The Morgan fingerprint density at radius 2 is 2.00 bits per heavy atom. The Kier molecular flexibility index (Phi) is 4.09. The minimum Gasteiger partial charge on any atom is -0.390 e. The second-order valence-corrected chi connectivity index (χ2v) is 7.92. The van der Waals surface area contributed by atoms with Crippen LogP contribution < -0.4 is 0 Å². The predicted molar refractivity (Wildman–Crippen MR) is 79.3 cm³/mol. The third kappa shape index (κ3) is 2.75. The normalized spacial score (nSPS) is 25.0. The SMILES string of the molecule is Cn1cc(S(=O)(=O)N2CCC(N3CCCC3)C2)cc1CO. The molecular formula is C14H23N3O3S. The van der Waals surface area contributed by atoms with Gasteiger partial charge in [0.1, 0.15) is 4.90 Å². The maximum Gasteiger partial charge on any atom is 0.244 e. The lowest BCUT2D eigenvalue weighted by Gasteiger charge is -2.23. The number of aliphatic hydroxyl groups is 1. The van der Waals surface area contributed by atoms with Crippen molar-refractivity contribution in [3.05, 3.63) is 18.0 Å². The van der Waals surface area contributed by atoms with Crippen molar-refractivity contribution in [2.45, 2.75) is 36.8 Å². The second kappa shape index (κ2) is 5.72. The molecule has 2 saturated heterocycles. The first-order chi connectivity index (χ1) is 10.0. The van der Waals surface area contributed by atoms with Crippen LogP contribution in [0.2, 0.25) is 0 Å². The van der Waals surface area contributed by atoms with E-state index in [-0.39, 0.29) is 11.5 Å². The van der Waals surface area contributed by atoms with E-state index in [0.717, 1.165) is 19.5 Å². The molecule has 2 fully saturated rings. The van der Waals surface area contributed by atoms with E-state index in [0.29, 0.717) is 24.8 Å². The van der Waals surface area contributed by atoms with Crippen LogP contribution in [0.25, 0.3) is 0 Å². The highest BCUT2D eigenvalue weighted by molar-refractivity contribution is 7.89. The summed E-state index contributed by atoms with van der Waals surface area (Å²) in [5, 5.41) is 9.21. The molecule has 0 saturated carbocycles. The highest BCUT2D eigenvalue weighted by Gasteiger charge is 2.36. The van der Waals surface area contributed by atoms with Crippen LogP contribution >= 0.6 is 0 Å². The highest BCUT2D eigenvalue weighted by Crippen LogP contribution is 2.26. The molecule has 2 aliphatic heterocycles. The molecule has 7 heteroatoms. The zero-order chi connectivity index (χ0) is 15.0. The minimum atomic E-state index is -3.44. The molecule has 0 aromatic carbocycles. The first-order valence-electron chi connectivity index (χ1n) is 7.52. The lowest BCUT2D eigenvalue weighted by Crippen LogP contribution is -2.37. The molecule has 1 unspecified atom stereocenters. The van der Waals surface area contributed by atoms with Gasteiger partial charge >= 0.3 is 0 Å². The maximum atomic E-state index is 12.7. The van der Waals surface area contributed by atoms with E-state index in [1.165, 1.54) is 12.8 Å². The molecule has 0 bridgehead atoms. The molecular weight excluding hydrogens is 290 g/mol. The van der Waals surface area contributed by atoms with Crippen LogP contribution in [0.15, 0.2) is 17.2 Å². The van der Waals surface area contributed by atoms with E-state index in [1.807, 2.05) is 0 Å². The van der Waals surface area contributed by atoms with Crippen LogP contribution in [0.1, 0.15) is 25.0 Å². The Morgan fingerprint density at radius 3 is 2.62 bits per heavy atom. The first-order valence-corrected chi connectivity index (χ1v) is 8.96. The van der Waals surface area contributed by atoms with Crippen molar-refractivity contribution < 1.29 is 13.5 Å². The molecule has 1 N–H and O–H groups in total. The quantitative estimate of drug-likeness (QED) is 0.872. The summed E-state index contributed by atoms with van der Waals surface area (Å²) in [5.74, 6) is 0. The minimum absolute atomic E-state index is 0.150. The van der Waals surface area contributed by atoms with Crippen molar-refractivity contribution in [2.75, 3.05) is 26.2 Å². The van der Waals surface area contributed by atoms with Crippen molar-refractivity contribution in [1.29, 1.82) is 0 Å². The lowest BCUT2D eigenvalue weighted by atomic mass is 10.2. The topological polar surface area (TPSA) is 65.8 Å². The summed E-state index contributed by atoms with van der Waals surface area (Å²) in [6, 6.07) is 1.93. The Hall–Kier alpha value is -0.890. The number of hydrogen-bond donors (Lipinski definition) is 1. The van der Waals surface area contributed by atoms with Crippen molar-refractivity contribution in [2.24, 2.45) is 7.05 Å². The predicted octanol–water partition coefficient (Wildman–Crippen LogP) is 0.376. The number of nitrogens with zero attached hydrogens (tertiary/aromatic N) is 3. The van der Waals surface area contributed by atoms with Gasteiger partial charge in [0.15, 0.2) is 0 Å². The molecule has 21 heavy (non-hydrogen) atoms. The molecule has 0 aliphatic carbocycles.